The van der Waals surface area contributed by atoms with Crippen LogP contribution in [0.1, 0.15) is 18.7 Å². The maximum Gasteiger partial charge on any atom is 0.227 e. The van der Waals surface area contributed by atoms with E-state index in [1.165, 1.54) is 12.1 Å². The first-order valence-electron chi connectivity index (χ1n) is 8.70. The van der Waals surface area contributed by atoms with Crippen molar-refractivity contribution < 1.29 is 9.50 Å². The number of nitrogens with zero attached hydrogens (tertiary/aromatic N) is 5. The summed E-state index contributed by atoms with van der Waals surface area (Å²) in [4.78, 5) is 20.5. The van der Waals surface area contributed by atoms with E-state index in [9.17, 15) is 9.50 Å². The van der Waals surface area contributed by atoms with E-state index in [0.29, 0.717) is 24.6 Å². The summed E-state index contributed by atoms with van der Waals surface area (Å²) in [5.74, 6) is 1.82. The number of imidazole rings is 1. The number of β-amino-alcohol motifs (C(OH)–C–C–N with tert-alkyl or cyclic N) is 1. The number of hydrogen-bond acceptors (Lipinski definition) is 6. The lowest BCUT2D eigenvalue weighted by atomic mass is 10.1. The highest BCUT2D eigenvalue weighted by molar-refractivity contribution is 5.75. The Hall–Kier alpha value is -2.74. The summed E-state index contributed by atoms with van der Waals surface area (Å²) in [6, 6.07) is 6.35. The first-order chi connectivity index (χ1) is 12.6. The molecule has 2 aromatic heterocycles. The third-order valence-corrected chi connectivity index (χ3v) is 4.57. The highest BCUT2D eigenvalue weighted by Gasteiger charge is 2.20. The monoisotopic (exact) mass is 356 g/mol. The third kappa shape index (κ3) is 3.45. The quantitative estimate of drug-likeness (QED) is 0.745. The molecular formula is C18H21FN6O. The first-order valence-corrected chi connectivity index (χ1v) is 8.70. The zero-order valence-corrected chi connectivity index (χ0v) is 14.6. The van der Waals surface area contributed by atoms with Gasteiger partial charge in [-0.15, -0.1) is 0 Å². The first kappa shape index (κ1) is 16.7. The normalized spacial score (nSPS) is 17.7. The average Bonchev–Trinajstić information content (AvgIpc) is 3.03. The molecule has 0 saturated carbocycles. The fourth-order valence-corrected chi connectivity index (χ4v) is 3.27. The maximum absolute atomic E-state index is 13.3. The number of rotatable bonds is 4. The fraction of sp³-hybridized carbons (Fsp3) is 0.389. The number of aliphatic hydroxyl groups excluding tert-OH is 1. The second kappa shape index (κ2) is 6.87. The van der Waals surface area contributed by atoms with Gasteiger partial charge in [-0.3, -0.25) is 0 Å². The van der Waals surface area contributed by atoms with Gasteiger partial charge < -0.3 is 19.9 Å². The smallest absolute Gasteiger partial charge is 0.227 e. The van der Waals surface area contributed by atoms with E-state index in [1.54, 1.807) is 12.3 Å². The Morgan fingerprint density at radius 3 is 3.08 bits per heavy atom. The Kier molecular flexibility index (Phi) is 4.42. The average molecular weight is 356 g/mol. The molecule has 3 aromatic rings. The predicted molar refractivity (Wildman–Crippen MR) is 97.6 cm³/mol. The molecule has 0 bridgehead atoms. The van der Waals surface area contributed by atoms with E-state index in [2.05, 4.69) is 24.8 Å². The minimum atomic E-state index is -0.309. The van der Waals surface area contributed by atoms with Crippen LogP contribution in [0, 0.1) is 5.82 Å². The number of piperidine rings is 1. The van der Waals surface area contributed by atoms with E-state index in [4.69, 9.17) is 0 Å². The Bertz CT molecular complexity index is 914. The summed E-state index contributed by atoms with van der Waals surface area (Å²) in [7, 11) is 1.89. The van der Waals surface area contributed by atoms with E-state index in [1.807, 2.05) is 18.0 Å². The molecule has 136 valence electrons. The van der Waals surface area contributed by atoms with Gasteiger partial charge in [0.1, 0.15) is 17.5 Å². The topological polar surface area (TPSA) is 81.2 Å². The number of nitrogens with one attached hydrogen (secondary N) is 1. The van der Waals surface area contributed by atoms with Crippen LogP contribution in [0.3, 0.4) is 0 Å². The minimum absolute atomic E-state index is 0.291. The Labute approximate surface area is 150 Å². The van der Waals surface area contributed by atoms with Crippen molar-refractivity contribution in [2.75, 3.05) is 29.9 Å². The summed E-state index contributed by atoms with van der Waals surface area (Å²) in [6.45, 7) is 1.95. The molecule has 1 aromatic carbocycles. The van der Waals surface area contributed by atoms with Gasteiger partial charge in [-0.1, -0.05) is 0 Å². The Morgan fingerprint density at radius 2 is 2.23 bits per heavy atom. The molecule has 0 amide bonds. The molecule has 3 heterocycles. The summed E-state index contributed by atoms with van der Waals surface area (Å²) >= 11 is 0. The number of fused-ring (bicyclic) bond motifs is 1. The molecule has 7 nitrogen and oxygen atoms in total. The lowest BCUT2D eigenvalue weighted by molar-refractivity contribution is 0.154. The Balaban J connectivity index is 1.52. The van der Waals surface area contributed by atoms with Gasteiger partial charge in [0.05, 0.1) is 23.7 Å². The summed E-state index contributed by atoms with van der Waals surface area (Å²) in [6.07, 6.45) is 3.20. The van der Waals surface area contributed by atoms with Crippen molar-refractivity contribution in [3.05, 3.63) is 42.1 Å². The third-order valence-electron chi connectivity index (χ3n) is 4.57. The standard InChI is InChI=1S/C18H21FN6O/c1-24(11-16-21-14-5-4-12(19)9-15(14)22-16)18-20-7-6-17(23-18)25-8-2-3-13(26)10-25/h4-7,9,13,26H,2-3,8,10-11H2,1H3,(H,21,22)/t13-/m0/s1. The van der Waals surface area contributed by atoms with Crippen LogP contribution < -0.4 is 9.80 Å². The second-order valence-electron chi connectivity index (χ2n) is 6.66. The zero-order chi connectivity index (χ0) is 18.1. The molecular weight excluding hydrogens is 335 g/mol. The van der Waals surface area contributed by atoms with Gasteiger partial charge >= 0.3 is 0 Å². The molecule has 2 N–H and O–H groups in total. The zero-order valence-electron chi connectivity index (χ0n) is 14.6. The number of aromatic amines is 1. The van der Waals surface area contributed by atoms with Gasteiger partial charge in [-0.2, -0.15) is 4.98 Å². The molecule has 1 aliphatic heterocycles. The number of benzene rings is 1. The molecule has 26 heavy (non-hydrogen) atoms. The highest BCUT2D eigenvalue weighted by atomic mass is 19.1. The highest BCUT2D eigenvalue weighted by Crippen LogP contribution is 2.20. The molecule has 0 unspecified atom stereocenters. The van der Waals surface area contributed by atoms with Crippen molar-refractivity contribution in [1.82, 2.24) is 19.9 Å². The molecule has 0 radical (unpaired) electrons. The van der Waals surface area contributed by atoms with E-state index in [0.717, 1.165) is 36.5 Å². The van der Waals surface area contributed by atoms with Crippen LogP contribution in [0.15, 0.2) is 30.5 Å². The summed E-state index contributed by atoms with van der Waals surface area (Å²) < 4.78 is 13.3. The van der Waals surface area contributed by atoms with Crippen molar-refractivity contribution in [2.45, 2.75) is 25.5 Å². The van der Waals surface area contributed by atoms with Crippen LogP contribution in [-0.2, 0) is 6.54 Å². The molecule has 1 atom stereocenters. The van der Waals surface area contributed by atoms with Gasteiger partial charge in [0.15, 0.2) is 0 Å². The maximum atomic E-state index is 13.3. The summed E-state index contributed by atoms with van der Waals surface area (Å²) in [5.41, 5.74) is 1.40. The van der Waals surface area contributed by atoms with Crippen molar-refractivity contribution in [2.24, 2.45) is 0 Å². The molecule has 0 spiro atoms. The molecule has 4 rings (SSSR count). The van der Waals surface area contributed by atoms with E-state index >= 15 is 0 Å². The number of aliphatic hydroxyl groups is 1. The number of hydrogen-bond donors (Lipinski definition) is 2. The predicted octanol–water partition coefficient (Wildman–Crippen LogP) is 2.09. The molecule has 1 aliphatic rings. The van der Waals surface area contributed by atoms with Crippen LogP contribution in [0.5, 0.6) is 0 Å². The second-order valence-corrected chi connectivity index (χ2v) is 6.66. The van der Waals surface area contributed by atoms with Crippen molar-refractivity contribution >= 4 is 22.8 Å². The molecule has 8 heteroatoms. The van der Waals surface area contributed by atoms with Crippen LogP contribution in [0.4, 0.5) is 16.2 Å². The van der Waals surface area contributed by atoms with Crippen molar-refractivity contribution in [3.63, 3.8) is 0 Å². The van der Waals surface area contributed by atoms with Gasteiger partial charge in [0.2, 0.25) is 5.95 Å². The van der Waals surface area contributed by atoms with Crippen LogP contribution in [-0.4, -0.2) is 51.3 Å². The van der Waals surface area contributed by atoms with Crippen molar-refractivity contribution in [1.29, 1.82) is 0 Å². The van der Waals surface area contributed by atoms with Crippen LogP contribution in [0.2, 0.25) is 0 Å². The fourth-order valence-electron chi connectivity index (χ4n) is 3.27. The lowest BCUT2D eigenvalue weighted by Crippen LogP contribution is -2.38. The number of H-pyrrole nitrogens is 1. The molecule has 1 saturated heterocycles. The van der Waals surface area contributed by atoms with Gasteiger partial charge in [0, 0.05) is 26.3 Å². The number of halogens is 1. The SMILES string of the molecule is CN(Cc1nc2ccc(F)cc2[nH]1)c1nccc(N2CCC[C@H](O)C2)n1. The van der Waals surface area contributed by atoms with Gasteiger partial charge in [-0.25, -0.2) is 14.4 Å². The van der Waals surface area contributed by atoms with Crippen LogP contribution >= 0.6 is 0 Å². The summed E-state index contributed by atoms with van der Waals surface area (Å²) in [5, 5.41) is 9.87. The van der Waals surface area contributed by atoms with Crippen molar-refractivity contribution in [3.8, 4) is 0 Å². The molecule has 0 aliphatic carbocycles. The number of anilines is 2. The lowest BCUT2D eigenvalue weighted by Gasteiger charge is -2.31. The van der Waals surface area contributed by atoms with E-state index < -0.39 is 0 Å². The molecule has 1 fully saturated rings. The van der Waals surface area contributed by atoms with Gasteiger partial charge in [-0.05, 0) is 37.1 Å². The van der Waals surface area contributed by atoms with Gasteiger partial charge in [0.25, 0.3) is 0 Å². The minimum Gasteiger partial charge on any atom is -0.391 e. The number of aromatic nitrogens is 4. The largest absolute Gasteiger partial charge is 0.391 e. The van der Waals surface area contributed by atoms with E-state index in [-0.39, 0.29) is 11.9 Å². The Morgan fingerprint density at radius 1 is 1.35 bits per heavy atom. The van der Waals surface area contributed by atoms with Crippen LogP contribution in [0.25, 0.3) is 11.0 Å².